The van der Waals surface area contributed by atoms with Crippen molar-refractivity contribution in [1.82, 2.24) is 20.2 Å². The van der Waals surface area contributed by atoms with Gasteiger partial charge in [0.1, 0.15) is 0 Å². The number of likely N-dealkylation sites (tertiary alicyclic amines) is 1. The highest BCUT2D eigenvalue weighted by Gasteiger charge is 2.37. The molecule has 0 bridgehead atoms. The molecule has 1 amide bonds. The molecular weight excluding hydrogens is 296 g/mol. The number of rotatable bonds is 4. The van der Waals surface area contributed by atoms with E-state index in [-0.39, 0.29) is 23.6 Å². The van der Waals surface area contributed by atoms with Crippen LogP contribution in [0.15, 0.2) is 15.1 Å². The Morgan fingerprint density at radius 3 is 2.78 bits per heavy atom. The van der Waals surface area contributed by atoms with Gasteiger partial charge in [-0.2, -0.15) is 4.98 Å². The van der Waals surface area contributed by atoms with Gasteiger partial charge in [-0.1, -0.05) is 24.2 Å². The molecule has 4 rings (SSSR count). The number of hydrogen-bond donors (Lipinski definition) is 0. The van der Waals surface area contributed by atoms with Crippen molar-refractivity contribution in [3.63, 3.8) is 0 Å². The number of carbonyl (C=O) groups excluding carboxylic acids is 1. The smallest absolute Gasteiger partial charge is 0.293 e. The predicted molar refractivity (Wildman–Crippen MR) is 79.9 cm³/mol. The van der Waals surface area contributed by atoms with Crippen molar-refractivity contribution in [3.8, 4) is 0 Å². The van der Waals surface area contributed by atoms with Gasteiger partial charge in [-0.3, -0.25) is 4.79 Å². The van der Waals surface area contributed by atoms with E-state index in [1.165, 1.54) is 0 Å². The van der Waals surface area contributed by atoms with E-state index in [4.69, 9.17) is 9.05 Å². The van der Waals surface area contributed by atoms with Crippen LogP contribution in [0.2, 0.25) is 0 Å². The van der Waals surface area contributed by atoms with E-state index >= 15 is 0 Å². The average molecular weight is 316 g/mol. The molecule has 23 heavy (non-hydrogen) atoms. The highest BCUT2D eigenvalue weighted by molar-refractivity contribution is 5.92. The largest absolute Gasteiger partial charge is 0.351 e. The molecule has 2 fully saturated rings. The SMILES string of the molecule is CC(C)c1cc(C(=O)N2CCC[C@H]2c2noc(C3CC3)n2)on1. The number of amides is 1. The Morgan fingerprint density at radius 2 is 2.09 bits per heavy atom. The van der Waals surface area contributed by atoms with E-state index in [2.05, 4.69) is 15.3 Å². The first-order valence-corrected chi connectivity index (χ1v) is 8.24. The normalized spacial score (nSPS) is 21.3. The van der Waals surface area contributed by atoms with Gasteiger partial charge in [0.2, 0.25) is 11.7 Å². The molecule has 0 N–H and O–H groups in total. The van der Waals surface area contributed by atoms with Crippen molar-refractivity contribution in [1.29, 1.82) is 0 Å². The number of carbonyl (C=O) groups is 1. The minimum Gasteiger partial charge on any atom is -0.351 e. The quantitative estimate of drug-likeness (QED) is 0.862. The fourth-order valence-corrected chi connectivity index (χ4v) is 2.96. The maximum atomic E-state index is 12.7. The zero-order valence-electron chi connectivity index (χ0n) is 13.4. The summed E-state index contributed by atoms with van der Waals surface area (Å²) in [4.78, 5) is 19.0. The first-order chi connectivity index (χ1) is 11.1. The van der Waals surface area contributed by atoms with Crippen LogP contribution in [0.4, 0.5) is 0 Å². The van der Waals surface area contributed by atoms with E-state index in [0.717, 1.165) is 31.4 Å². The molecule has 2 aromatic heterocycles. The molecule has 1 aliphatic heterocycles. The molecule has 0 unspecified atom stereocenters. The molecule has 0 radical (unpaired) electrons. The number of aromatic nitrogens is 3. The summed E-state index contributed by atoms with van der Waals surface area (Å²) in [6.45, 7) is 4.71. The van der Waals surface area contributed by atoms with Crippen molar-refractivity contribution in [2.24, 2.45) is 0 Å². The maximum absolute atomic E-state index is 12.7. The Hall–Kier alpha value is -2.18. The van der Waals surface area contributed by atoms with Crippen LogP contribution >= 0.6 is 0 Å². The van der Waals surface area contributed by atoms with E-state index < -0.39 is 0 Å². The van der Waals surface area contributed by atoms with Gasteiger partial charge >= 0.3 is 0 Å². The summed E-state index contributed by atoms with van der Waals surface area (Å²) in [5, 5.41) is 8.06. The molecule has 3 heterocycles. The lowest BCUT2D eigenvalue weighted by atomic mass is 10.1. The zero-order valence-corrected chi connectivity index (χ0v) is 13.4. The number of hydrogen-bond acceptors (Lipinski definition) is 6. The molecule has 1 aliphatic carbocycles. The molecule has 2 aliphatic rings. The van der Waals surface area contributed by atoms with Gasteiger partial charge in [0.15, 0.2) is 5.82 Å². The summed E-state index contributed by atoms with van der Waals surface area (Å²) < 4.78 is 10.6. The molecule has 1 saturated carbocycles. The fraction of sp³-hybridized carbons (Fsp3) is 0.625. The second-order valence-corrected chi connectivity index (χ2v) is 6.69. The van der Waals surface area contributed by atoms with Crippen molar-refractivity contribution in [3.05, 3.63) is 29.2 Å². The zero-order chi connectivity index (χ0) is 16.0. The topological polar surface area (TPSA) is 85.3 Å². The summed E-state index contributed by atoms with van der Waals surface area (Å²) in [5.41, 5.74) is 0.791. The van der Waals surface area contributed by atoms with Gasteiger partial charge in [-0.05, 0) is 31.6 Å². The van der Waals surface area contributed by atoms with Crippen LogP contribution in [0.3, 0.4) is 0 Å². The highest BCUT2D eigenvalue weighted by atomic mass is 16.5. The average Bonchev–Trinajstić information content (AvgIpc) is 3.02. The Balaban J connectivity index is 1.54. The van der Waals surface area contributed by atoms with E-state index in [0.29, 0.717) is 24.2 Å². The van der Waals surface area contributed by atoms with Gasteiger partial charge in [0.05, 0.1) is 11.7 Å². The predicted octanol–water partition coefficient (Wildman–Crippen LogP) is 3.04. The van der Waals surface area contributed by atoms with E-state index in [1.54, 1.807) is 11.0 Å². The monoisotopic (exact) mass is 316 g/mol. The number of nitrogens with zero attached hydrogens (tertiary/aromatic N) is 4. The van der Waals surface area contributed by atoms with Gasteiger partial charge in [0, 0.05) is 18.5 Å². The van der Waals surface area contributed by atoms with Crippen LogP contribution in [0.5, 0.6) is 0 Å². The third-order valence-electron chi connectivity index (χ3n) is 4.53. The Labute approximate surface area is 134 Å². The van der Waals surface area contributed by atoms with E-state index in [9.17, 15) is 4.79 Å². The van der Waals surface area contributed by atoms with Crippen LogP contribution in [0.25, 0.3) is 0 Å². The van der Waals surface area contributed by atoms with Crippen molar-refractivity contribution >= 4 is 5.91 Å². The van der Waals surface area contributed by atoms with Crippen LogP contribution in [-0.4, -0.2) is 32.6 Å². The van der Waals surface area contributed by atoms with Gasteiger partial charge < -0.3 is 13.9 Å². The Morgan fingerprint density at radius 1 is 1.26 bits per heavy atom. The molecule has 0 spiro atoms. The van der Waals surface area contributed by atoms with Crippen molar-refractivity contribution in [2.75, 3.05) is 6.54 Å². The van der Waals surface area contributed by atoms with E-state index in [1.807, 2.05) is 13.8 Å². The summed E-state index contributed by atoms with van der Waals surface area (Å²) in [7, 11) is 0. The maximum Gasteiger partial charge on any atom is 0.293 e. The third-order valence-corrected chi connectivity index (χ3v) is 4.53. The van der Waals surface area contributed by atoms with Crippen LogP contribution in [0, 0.1) is 0 Å². The molecule has 7 nitrogen and oxygen atoms in total. The Kier molecular flexibility index (Phi) is 3.43. The van der Waals surface area contributed by atoms with Crippen molar-refractivity contribution < 1.29 is 13.8 Å². The van der Waals surface area contributed by atoms with Crippen molar-refractivity contribution in [2.45, 2.75) is 57.4 Å². The molecule has 0 aromatic carbocycles. The van der Waals surface area contributed by atoms with Crippen LogP contribution in [0.1, 0.15) is 85.4 Å². The summed E-state index contributed by atoms with van der Waals surface area (Å²) in [6.07, 6.45) is 4.01. The lowest BCUT2D eigenvalue weighted by molar-refractivity contribution is 0.0686. The molecule has 2 aromatic rings. The van der Waals surface area contributed by atoms with Crippen LogP contribution < -0.4 is 0 Å². The molecular formula is C16H20N4O3. The first-order valence-electron chi connectivity index (χ1n) is 8.24. The lowest BCUT2D eigenvalue weighted by Gasteiger charge is -2.20. The molecule has 7 heteroatoms. The summed E-state index contributed by atoms with van der Waals surface area (Å²) in [5.74, 6) is 2.11. The summed E-state index contributed by atoms with van der Waals surface area (Å²) in [6, 6.07) is 1.60. The molecule has 122 valence electrons. The first kappa shape index (κ1) is 14.4. The lowest BCUT2D eigenvalue weighted by Crippen LogP contribution is -2.30. The molecule has 1 atom stereocenters. The van der Waals surface area contributed by atoms with Gasteiger partial charge in [-0.15, -0.1) is 0 Å². The highest BCUT2D eigenvalue weighted by Crippen LogP contribution is 2.40. The second kappa shape index (κ2) is 5.47. The van der Waals surface area contributed by atoms with Crippen LogP contribution in [-0.2, 0) is 0 Å². The standard InChI is InChI=1S/C16H20N4O3/c1-9(2)11-8-13(22-18-11)16(21)20-7-3-4-12(20)14-17-15(23-19-14)10-5-6-10/h8-10,12H,3-7H2,1-2H3/t12-/m0/s1. The van der Waals surface area contributed by atoms with Gasteiger partial charge in [-0.25, -0.2) is 0 Å². The third kappa shape index (κ3) is 2.64. The van der Waals surface area contributed by atoms with Gasteiger partial charge in [0.25, 0.3) is 5.91 Å². The minimum absolute atomic E-state index is 0.133. The fourth-order valence-electron chi connectivity index (χ4n) is 2.96. The second-order valence-electron chi connectivity index (χ2n) is 6.69. The molecule has 1 saturated heterocycles. The summed E-state index contributed by atoms with van der Waals surface area (Å²) >= 11 is 0. The minimum atomic E-state index is -0.148. The Bertz CT molecular complexity index is 716.